The van der Waals surface area contributed by atoms with Gasteiger partial charge in [-0.15, -0.1) is 0 Å². The molecule has 0 radical (unpaired) electrons. The van der Waals surface area contributed by atoms with Gasteiger partial charge in [0.2, 0.25) is 0 Å². The molecular formula is C53H33N3O2. The maximum Gasteiger partial charge on any atom is 0.160 e. The van der Waals surface area contributed by atoms with E-state index in [1.165, 1.54) is 21.7 Å². The summed E-state index contributed by atoms with van der Waals surface area (Å²) in [5, 5.41) is 12.6. The van der Waals surface area contributed by atoms with Gasteiger partial charge in [-0.1, -0.05) is 152 Å². The Labute approximate surface area is 333 Å². The van der Waals surface area contributed by atoms with E-state index in [0.717, 1.165) is 88.5 Å². The molecule has 0 spiro atoms. The van der Waals surface area contributed by atoms with Crippen LogP contribution in [0.3, 0.4) is 0 Å². The van der Waals surface area contributed by atoms with Crippen LogP contribution >= 0.6 is 0 Å². The second kappa shape index (κ2) is 12.9. The van der Waals surface area contributed by atoms with E-state index in [1.54, 1.807) is 0 Å². The standard InChI is InChI=1S/C53H33N3O2/c1-3-12-36-30-38(26-22-32(36)10-1)34-20-24-35(25-21-34)51-54-52(39-27-23-33-11-2-4-13-37(33)31-39)56-53(55-51)45-29-28-43(50-48(45)44-15-6-8-19-47(44)58-50)42-17-9-16-41-40-14-5-7-18-46(40)57-49(41)42/h1-31,52H,(H,54,55,56). The Morgan fingerprint density at radius 2 is 1.00 bits per heavy atom. The number of furan rings is 2. The fourth-order valence-electron chi connectivity index (χ4n) is 8.64. The first-order chi connectivity index (χ1) is 28.7. The van der Waals surface area contributed by atoms with Gasteiger partial charge in [0.1, 0.15) is 34.3 Å². The Morgan fingerprint density at radius 1 is 0.414 bits per heavy atom. The quantitative estimate of drug-likeness (QED) is 0.191. The highest BCUT2D eigenvalue weighted by atomic mass is 16.3. The normalized spacial score (nSPS) is 14.4. The molecule has 1 N–H and O–H groups in total. The molecule has 12 rings (SSSR count). The van der Waals surface area contributed by atoms with Crippen LogP contribution in [0, 0.1) is 0 Å². The molecule has 1 aliphatic rings. The molecule has 1 unspecified atom stereocenters. The molecule has 0 amide bonds. The summed E-state index contributed by atoms with van der Waals surface area (Å²) in [6, 6.07) is 65.7. The minimum Gasteiger partial charge on any atom is -0.455 e. The van der Waals surface area contributed by atoms with E-state index >= 15 is 0 Å². The highest BCUT2D eigenvalue weighted by Crippen LogP contribution is 2.43. The third-order valence-corrected chi connectivity index (χ3v) is 11.5. The third-order valence-electron chi connectivity index (χ3n) is 11.5. The minimum absolute atomic E-state index is 0.385. The Bertz CT molecular complexity index is 3500. The van der Waals surface area contributed by atoms with Gasteiger partial charge in [0.25, 0.3) is 0 Å². The number of para-hydroxylation sites is 3. The molecule has 0 fully saturated rings. The van der Waals surface area contributed by atoms with Crippen molar-refractivity contribution in [2.75, 3.05) is 0 Å². The minimum atomic E-state index is -0.385. The summed E-state index contributed by atoms with van der Waals surface area (Å²) < 4.78 is 13.3. The second-order valence-electron chi connectivity index (χ2n) is 14.9. The van der Waals surface area contributed by atoms with Crippen LogP contribution < -0.4 is 5.32 Å². The largest absolute Gasteiger partial charge is 0.455 e. The predicted octanol–water partition coefficient (Wildman–Crippen LogP) is 13.6. The van der Waals surface area contributed by atoms with Gasteiger partial charge in [-0.25, -0.2) is 9.98 Å². The van der Waals surface area contributed by atoms with Crippen molar-refractivity contribution in [3.05, 3.63) is 205 Å². The van der Waals surface area contributed by atoms with E-state index in [-0.39, 0.29) is 6.17 Å². The lowest BCUT2D eigenvalue weighted by Crippen LogP contribution is -2.33. The molecule has 0 aliphatic carbocycles. The van der Waals surface area contributed by atoms with Gasteiger partial charge in [0.05, 0.1) is 0 Å². The Morgan fingerprint density at radius 3 is 1.81 bits per heavy atom. The molecule has 2 aromatic heterocycles. The molecule has 58 heavy (non-hydrogen) atoms. The van der Waals surface area contributed by atoms with Crippen molar-refractivity contribution in [3.63, 3.8) is 0 Å². The number of hydrogen-bond donors (Lipinski definition) is 1. The van der Waals surface area contributed by atoms with Crippen LogP contribution in [-0.2, 0) is 0 Å². The Kier molecular flexibility index (Phi) is 7.23. The number of amidine groups is 2. The zero-order valence-electron chi connectivity index (χ0n) is 31.2. The number of fused-ring (bicyclic) bond motifs is 8. The SMILES string of the molecule is c1ccc2cc(-c3ccc(C4=NC(c5ccc(-c6cccc7c6oc6ccccc67)c6oc7ccccc7c56)=NC(c5ccc6ccccc6c5)N4)cc3)ccc2c1. The lowest BCUT2D eigenvalue weighted by atomic mass is 9.96. The molecule has 3 heterocycles. The van der Waals surface area contributed by atoms with Crippen molar-refractivity contribution in [2.24, 2.45) is 9.98 Å². The zero-order valence-corrected chi connectivity index (χ0v) is 31.2. The molecule has 0 bridgehead atoms. The summed E-state index contributed by atoms with van der Waals surface area (Å²) in [6.07, 6.45) is -0.385. The van der Waals surface area contributed by atoms with Crippen LogP contribution in [0.2, 0.25) is 0 Å². The van der Waals surface area contributed by atoms with Crippen LogP contribution in [0.25, 0.3) is 87.7 Å². The number of aliphatic imine (C=N–C) groups is 2. The summed E-state index contributed by atoms with van der Waals surface area (Å²) in [7, 11) is 0. The molecule has 9 aromatic carbocycles. The second-order valence-corrected chi connectivity index (χ2v) is 14.9. The third kappa shape index (κ3) is 5.25. The molecule has 5 nitrogen and oxygen atoms in total. The number of nitrogens with zero attached hydrogens (tertiary/aromatic N) is 2. The molecule has 5 heteroatoms. The number of benzene rings is 9. The van der Waals surface area contributed by atoms with Crippen LogP contribution in [0.1, 0.15) is 22.9 Å². The average Bonchev–Trinajstić information content (AvgIpc) is 3.88. The van der Waals surface area contributed by atoms with Crippen molar-refractivity contribution in [3.8, 4) is 22.3 Å². The molecule has 272 valence electrons. The van der Waals surface area contributed by atoms with E-state index in [4.69, 9.17) is 18.8 Å². The lowest BCUT2D eigenvalue weighted by molar-refractivity contribution is 0.665. The molecule has 0 saturated carbocycles. The van der Waals surface area contributed by atoms with Gasteiger partial charge in [-0.2, -0.15) is 0 Å². The van der Waals surface area contributed by atoms with Crippen LogP contribution in [0.5, 0.6) is 0 Å². The number of nitrogens with one attached hydrogen (secondary N) is 1. The smallest absolute Gasteiger partial charge is 0.160 e. The van der Waals surface area contributed by atoms with Crippen molar-refractivity contribution in [2.45, 2.75) is 6.17 Å². The summed E-state index contributed by atoms with van der Waals surface area (Å²) in [6.45, 7) is 0. The first kappa shape index (κ1) is 32.5. The summed E-state index contributed by atoms with van der Waals surface area (Å²) >= 11 is 0. The van der Waals surface area contributed by atoms with Crippen molar-refractivity contribution in [1.29, 1.82) is 0 Å². The van der Waals surface area contributed by atoms with Gasteiger partial charge in [-0.3, -0.25) is 0 Å². The van der Waals surface area contributed by atoms with E-state index in [9.17, 15) is 0 Å². The van der Waals surface area contributed by atoms with E-state index in [1.807, 2.05) is 24.3 Å². The van der Waals surface area contributed by atoms with Crippen LogP contribution in [0.4, 0.5) is 0 Å². The van der Waals surface area contributed by atoms with Crippen molar-refractivity contribution in [1.82, 2.24) is 5.32 Å². The molecule has 1 atom stereocenters. The first-order valence-corrected chi connectivity index (χ1v) is 19.6. The molecule has 11 aromatic rings. The van der Waals surface area contributed by atoms with Crippen LogP contribution in [-0.4, -0.2) is 11.7 Å². The monoisotopic (exact) mass is 743 g/mol. The average molecular weight is 744 g/mol. The van der Waals surface area contributed by atoms with E-state index < -0.39 is 0 Å². The van der Waals surface area contributed by atoms with E-state index in [2.05, 4.69) is 169 Å². The highest BCUT2D eigenvalue weighted by molar-refractivity contribution is 6.24. The highest BCUT2D eigenvalue weighted by Gasteiger charge is 2.26. The Balaban J connectivity index is 1.03. The zero-order chi connectivity index (χ0) is 38.2. The molecule has 1 aliphatic heterocycles. The summed E-state index contributed by atoms with van der Waals surface area (Å²) in [4.78, 5) is 10.7. The molecular weight excluding hydrogens is 711 g/mol. The fraction of sp³-hybridized carbons (Fsp3) is 0.0189. The summed E-state index contributed by atoms with van der Waals surface area (Å²) in [5.74, 6) is 1.39. The van der Waals surface area contributed by atoms with Crippen molar-refractivity contribution < 1.29 is 8.83 Å². The maximum absolute atomic E-state index is 6.78. The molecule has 0 saturated heterocycles. The Hall–Kier alpha value is -7.76. The lowest BCUT2D eigenvalue weighted by Gasteiger charge is -2.24. The van der Waals surface area contributed by atoms with Gasteiger partial charge in [0.15, 0.2) is 5.84 Å². The van der Waals surface area contributed by atoms with Crippen molar-refractivity contribution >= 4 is 77.1 Å². The van der Waals surface area contributed by atoms with Crippen LogP contribution in [0.15, 0.2) is 207 Å². The number of rotatable bonds is 5. The van der Waals surface area contributed by atoms with Gasteiger partial charge < -0.3 is 14.2 Å². The maximum atomic E-state index is 6.78. The van der Waals surface area contributed by atoms with E-state index in [0.29, 0.717) is 5.84 Å². The topological polar surface area (TPSA) is 63.0 Å². The summed E-state index contributed by atoms with van der Waals surface area (Å²) in [5.41, 5.74) is 10.4. The predicted molar refractivity (Wildman–Crippen MR) is 239 cm³/mol. The van der Waals surface area contributed by atoms with Gasteiger partial charge in [-0.05, 0) is 74.6 Å². The van der Waals surface area contributed by atoms with Gasteiger partial charge in [0, 0.05) is 43.8 Å². The fourth-order valence-corrected chi connectivity index (χ4v) is 8.64. The first-order valence-electron chi connectivity index (χ1n) is 19.6. The van der Waals surface area contributed by atoms with Gasteiger partial charge >= 0.3 is 0 Å². The number of hydrogen-bond acceptors (Lipinski definition) is 5.